The van der Waals surface area contributed by atoms with E-state index in [1.54, 1.807) is 43.9 Å². The first-order valence-electron chi connectivity index (χ1n) is 9.61. The zero-order valence-corrected chi connectivity index (χ0v) is 17.8. The van der Waals surface area contributed by atoms with Crippen LogP contribution in [0.15, 0.2) is 56.7 Å². The maximum absolute atomic E-state index is 13.0. The van der Waals surface area contributed by atoms with Gasteiger partial charge in [0.25, 0.3) is 0 Å². The molecule has 30 heavy (non-hydrogen) atoms. The molecule has 0 aliphatic carbocycles. The summed E-state index contributed by atoms with van der Waals surface area (Å²) in [6.07, 6.45) is 0.00324. The van der Waals surface area contributed by atoms with Crippen LogP contribution in [0.5, 0.6) is 5.75 Å². The van der Waals surface area contributed by atoms with Crippen molar-refractivity contribution in [3.63, 3.8) is 0 Å². The van der Waals surface area contributed by atoms with Gasteiger partial charge in [-0.05, 0) is 39.0 Å². The molecule has 0 atom stereocenters. The van der Waals surface area contributed by atoms with Crippen molar-refractivity contribution in [2.75, 3.05) is 6.54 Å². The van der Waals surface area contributed by atoms with E-state index in [9.17, 15) is 18.3 Å². The molecule has 1 aliphatic heterocycles. The van der Waals surface area contributed by atoms with Crippen molar-refractivity contribution >= 4 is 26.9 Å². The zero-order valence-electron chi connectivity index (χ0n) is 17.0. The molecule has 0 bridgehead atoms. The van der Waals surface area contributed by atoms with Gasteiger partial charge in [-0.25, -0.2) is 13.2 Å². The number of phenolic OH excluding ortho intramolecular Hbond substituents is 1. The highest BCUT2D eigenvalue weighted by Crippen LogP contribution is 2.38. The second-order valence-corrected chi connectivity index (χ2v) is 10.2. The monoisotopic (exact) mass is 429 g/mol. The molecular weight excluding hydrogens is 406 g/mol. The zero-order chi connectivity index (χ0) is 21.7. The second-order valence-electron chi connectivity index (χ2n) is 8.29. The number of ether oxygens (including phenoxy) is 1. The summed E-state index contributed by atoms with van der Waals surface area (Å²) in [7, 11) is -3.82. The van der Waals surface area contributed by atoms with E-state index in [-0.39, 0.29) is 27.7 Å². The summed E-state index contributed by atoms with van der Waals surface area (Å²) in [5.41, 5.74) is 0.283. The van der Waals surface area contributed by atoms with Crippen LogP contribution in [0, 0.1) is 0 Å². The predicted octanol–water partition coefficient (Wildman–Crippen LogP) is 4.26. The Balaban J connectivity index is 1.76. The lowest BCUT2D eigenvalue weighted by Crippen LogP contribution is -2.39. The number of aromatic hydroxyl groups is 1. The van der Waals surface area contributed by atoms with Crippen LogP contribution >= 0.6 is 0 Å². The second kappa shape index (κ2) is 7.05. The van der Waals surface area contributed by atoms with Gasteiger partial charge in [-0.3, -0.25) is 0 Å². The van der Waals surface area contributed by atoms with Crippen LogP contribution in [0.3, 0.4) is 0 Å². The highest BCUT2D eigenvalue weighted by molar-refractivity contribution is 7.91. The van der Waals surface area contributed by atoms with E-state index >= 15 is 0 Å². The summed E-state index contributed by atoms with van der Waals surface area (Å²) in [5.74, 6) is 0.384. The number of benzene rings is 2. The lowest BCUT2D eigenvalue weighted by molar-refractivity contribution is 0.0220. The van der Waals surface area contributed by atoms with Crippen molar-refractivity contribution in [2.45, 2.75) is 49.1 Å². The molecule has 0 saturated carbocycles. The van der Waals surface area contributed by atoms with Crippen LogP contribution in [0.25, 0.3) is 11.0 Å². The average Bonchev–Trinajstić information content (AvgIpc) is 3.06. The number of carbonyl (C=O) groups excluding carboxylic acids is 1. The van der Waals surface area contributed by atoms with Gasteiger partial charge in [0.15, 0.2) is 11.3 Å². The van der Waals surface area contributed by atoms with Gasteiger partial charge in [0.1, 0.15) is 11.4 Å². The van der Waals surface area contributed by atoms with Crippen molar-refractivity contribution < 1.29 is 27.5 Å². The highest BCUT2D eigenvalue weighted by Gasteiger charge is 2.30. The van der Waals surface area contributed by atoms with Crippen LogP contribution in [0.1, 0.15) is 32.1 Å². The summed E-state index contributed by atoms with van der Waals surface area (Å²) in [5, 5.41) is 11.0. The fourth-order valence-corrected chi connectivity index (χ4v) is 4.84. The average molecular weight is 429 g/mol. The number of nitrogens with zero attached hydrogens (tertiary/aromatic N) is 1. The molecule has 158 valence electrons. The molecule has 0 radical (unpaired) electrons. The molecule has 2 heterocycles. The van der Waals surface area contributed by atoms with E-state index in [1.807, 2.05) is 0 Å². The maximum atomic E-state index is 13.0. The summed E-state index contributed by atoms with van der Waals surface area (Å²) >= 11 is 0. The van der Waals surface area contributed by atoms with E-state index in [4.69, 9.17) is 9.15 Å². The van der Waals surface area contributed by atoms with Crippen molar-refractivity contribution in [3.05, 3.63) is 53.8 Å². The molecular formula is C22H23NO6S. The first kappa shape index (κ1) is 20.3. The van der Waals surface area contributed by atoms with Crippen molar-refractivity contribution in [1.29, 1.82) is 0 Å². The molecule has 1 N–H and O–H groups in total. The first-order chi connectivity index (χ1) is 14.1. The number of phenols is 1. The van der Waals surface area contributed by atoms with Gasteiger partial charge >= 0.3 is 6.09 Å². The molecule has 1 amide bonds. The Bertz CT molecular complexity index is 1220. The largest absolute Gasteiger partial charge is 0.504 e. The number of rotatable bonds is 2. The molecule has 0 unspecified atom stereocenters. The van der Waals surface area contributed by atoms with Crippen molar-refractivity contribution in [2.24, 2.45) is 0 Å². The molecule has 0 spiro atoms. The number of hydrogen-bond donors (Lipinski definition) is 1. The van der Waals surface area contributed by atoms with E-state index in [0.29, 0.717) is 29.7 Å². The van der Waals surface area contributed by atoms with E-state index in [0.717, 1.165) is 0 Å². The van der Waals surface area contributed by atoms with Gasteiger partial charge < -0.3 is 19.2 Å². The van der Waals surface area contributed by atoms with Gasteiger partial charge in [-0.2, -0.15) is 0 Å². The van der Waals surface area contributed by atoms with Crippen molar-refractivity contribution in [1.82, 2.24) is 4.90 Å². The molecule has 1 aliphatic rings. The lowest BCUT2D eigenvalue weighted by atomic mass is 10.0. The molecule has 0 fully saturated rings. The Hall–Kier alpha value is -3.00. The SMILES string of the molecule is CC(C)(C)OC(=O)N1CCc2oc3c(O)cc(S(=O)(=O)c4ccccc4)cc3c2C1. The van der Waals surface area contributed by atoms with Crippen LogP contribution in [-0.2, 0) is 27.5 Å². The van der Waals surface area contributed by atoms with E-state index < -0.39 is 21.5 Å². The Morgan fingerprint density at radius 3 is 2.50 bits per heavy atom. The summed E-state index contributed by atoms with van der Waals surface area (Å²) in [4.78, 5) is 14.1. The fourth-order valence-electron chi connectivity index (χ4n) is 3.51. The minimum atomic E-state index is -3.82. The minimum absolute atomic E-state index is 0.0308. The number of fused-ring (bicyclic) bond motifs is 3. The topological polar surface area (TPSA) is 97.0 Å². The highest BCUT2D eigenvalue weighted by atomic mass is 32.2. The smallest absolute Gasteiger partial charge is 0.410 e. The third-order valence-corrected chi connectivity index (χ3v) is 6.65. The normalized spacial score (nSPS) is 14.6. The summed E-state index contributed by atoms with van der Waals surface area (Å²) in [6.45, 7) is 6.02. The molecule has 8 heteroatoms. The maximum Gasteiger partial charge on any atom is 0.410 e. The third-order valence-electron chi connectivity index (χ3n) is 4.90. The van der Waals surface area contributed by atoms with Crippen molar-refractivity contribution in [3.8, 4) is 5.75 Å². The predicted molar refractivity (Wildman–Crippen MR) is 110 cm³/mol. The van der Waals surface area contributed by atoms with Crippen LogP contribution < -0.4 is 0 Å². The van der Waals surface area contributed by atoms with Gasteiger partial charge in [0.2, 0.25) is 9.84 Å². The molecule has 4 rings (SSSR count). The van der Waals surface area contributed by atoms with E-state index in [2.05, 4.69) is 0 Å². The molecule has 1 aromatic heterocycles. The number of sulfone groups is 1. The molecule has 0 saturated heterocycles. The fraction of sp³-hybridized carbons (Fsp3) is 0.318. The molecule has 2 aromatic carbocycles. The quantitative estimate of drug-likeness (QED) is 0.654. The number of hydrogen-bond acceptors (Lipinski definition) is 6. The van der Waals surface area contributed by atoms with Crippen LogP contribution in [0.4, 0.5) is 4.79 Å². The third kappa shape index (κ3) is 3.63. The summed E-state index contributed by atoms with van der Waals surface area (Å²) in [6, 6.07) is 10.7. The Labute approximate surface area is 174 Å². The Morgan fingerprint density at radius 1 is 1.13 bits per heavy atom. The van der Waals surface area contributed by atoms with Crippen LogP contribution in [0.2, 0.25) is 0 Å². The standard InChI is InChI=1S/C22H23NO6S/c1-22(2,3)29-21(25)23-10-9-19-17(13-23)16-11-15(12-18(24)20(16)28-19)30(26,27)14-7-5-4-6-8-14/h4-8,11-12,24H,9-10,13H2,1-3H3. The number of amides is 1. The minimum Gasteiger partial charge on any atom is -0.504 e. The lowest BCUT2D eigenvalue weighted by Gasteiger charge is -2.29. The Kier molecular flexibility index (Phi) is 4.77. The Morgan fingerprint density at radius 2 is 1.83 bits per heavy atom. The van der Waals surface area contributed by atoms with Crippen LogP contribution in [-0.4, -0.2) is 36.7 Å². The van der Waals surface area contributed by atoms with Gasteiger partial charge in [0, 0.05) is 30.0 Å². The van der Waals surface area contributed by atoms with Gasteiger partial charge in [-0.15, -0.1) is 0 Å². The first-order valence-corrected chi connectivity index (χ1v) is 11.1. The number of furan rings is 1. The van der Waals surface area contributed by atoms with Gasteiger partial charge in [0.05, 0.1) is 16.3 Å². The van der Waals surface area contributed by atoms with E-state index in [1.165, 1.54) is 24.3 Å². The van der Waals surface area contributed by atoms with Gasteiger partial charge in [-0.1, -0.05) is 18.2 Å². The summed E-state index contributed by atoms with van der Waals surface area (Å²) < 4.78 is 37.3. The molecule has 7 nitrogen and oxygen atoms in total. The number of carbonyl (C=O) groups is 1. The molecule has 3 aromatic rings.